The molecule has 2 aromatic rings. The molecule has 64 valence electrons. The smallest absolute Gasteiger partial charge is 0.101 e. The van der Waals surface area contributed by atoms with E-state index in [4.69, 9.17) is 16.9 Å². The molecule has 0 atom stereocenters. The summed E-state index contributed by atoms with van der Waals surface area (Å²) in [5.74, 6) is 0. The van der Waals surface area contributed by atoms with Gasteiger partial charge in [-0.15, -0.1) is 11.3 Å². The Hall–Kier alpha value is -0.560. The summed E-state index contributed by atoms with van der Waals surface area (Å²) in [7, 11) is 0. The molecule has 0 N–H and O–H groups in total. The lowest BCUT2D eigenvalue weighted by Gasteiger charge is -1.94. The number of nitrogens with zero attached hydrogens (tertiary/aromatic N) is 1. The molecule has 0 fully saturated rings. The standard InChI is InChI=1S/C9H3BrClNS/c10-9-3-5-6(4-12)7(11)1-2-8(5)13-9/h1-3H. The van der Waals surface area contributed by atoms with Crippen molar-refractivity contribution in [1.82, 2.24) is 0 Å². The monoisotopic (exact) mass is 271 g/mol. The van der Waals surface area contributed by atoms with Crippen LogP contribution in [0.1, 0.15) is 5.56 Å². The van der Waals surface area contributed by atoms with Crippen molar-refractivity contribution in [3.63, 3.8) is 0 Å². The van der Waals surface area contributed by atoms with E-state index < -0.39 is 0 Å². The van der Waals surface area contributed by atoms with Crippen LogP contribution in [-0.2, 0) is 0 Å². The summed E-state index contributed by atoms with van der Waals surface area (Å²) in [5, 5.41) is 10.3. The van der Waals surface area contributed by atoms with Crippen LogP contribution in [0.3, 0.4) is 0 Å². The number of halogens is 2. The van der Waals surface area contributed by atoms with Crippen LogP contribution in [0, 0.1) is 11.3 Å². The number of hydrogen-bond acceptors (Lipinski definition) is 2. The van der Waals surface area contributed by atoms with Crippen molar-refractivity contribution in [1.29, 1.82) is 5.26 Å². The zero-order valence-electron chi connectivity index (χ0n) is 6.34. The molecule has 0 bridgehead atoms. The molecular weight excluding hydrogens is 270 g/mol. The first-order valence-electron chi connectivity index (χ1n) is 3.50. The molecule has 13 heavy (non-hydrogen) atoms. The fourth-order valence-corrected chi connectivity index (χ4v) is 2.92. The SMILES string of the molecule is N#Cc1c(Cl)ccc2sc(Br)cc12. The molecular formula is C9H3BrClNS. The Morgan fingerprint density at radius 2 is 2.23 bits per heavy atom. The third-order valence-corrected chi connectivity index (χ3v) is 3.65. The molecule has 4 heteroatoms. The fraction of sp³-hybridized carbons (Fsp3) is 0. The lowest BCUT2D eigenvalue weighted by Crippen LogP contribution is -1.76. The van der Waals surface area contributed by atoms with Crippen LogP contribution < -0.4 is 0 Å². The molecule has 1 aromatic heterocycles. The van der Waals surface area contributed by atoms with E-state index in [1.54, 1.807) is 17.4 Å². The quantitative estimate of drug-likeness (QED) is 0.705. The lowest BCUT2D eigenvalue weighted by molar-refractivity contribution is 1.51. The van der Waals surface area contributed by atoms with Gasteiger partial charge in [-0.05, 0) is 34.1 Å². The van der Waals surface area contributed by atoms with Gasteiger partial charge in [0, 0.05) is 10.1 Å². The van der Waals surface area contributed by atoms with Gasteiger partial charge in [0.1, 0.15) is 6.07 Å². The fourth-order valence-electron chi connectivity index (χ4n) is 1.17. The van der Waals surface area contributed by atoms with Gasteiger partial charge in [-0.25, -0.2) is 0 Å². The van der Waals surface area contributed by atoms with E-state index in [1.807, 2.05) is 12.1 Å². The highest BCUT2D eigenvalue weighted by Crippen LogP contribution is 2.34. The summed E-state index contributed by atoms with van der Waals surface area (Å²) in [4.78, 5) is 0. The first-order valence-corrected chi connectivity index (χ1v) is 5.49. The highest BCUT2D eigenvalue weighted by molar-refractivity contribution is 9.11. The van der Waals surface area contributed by atoms with Crippen molar-refractivity contribution in [2.24, 2.45) is 0 Å². The van der Waals surface area contributed by atoms with E-state index in [9.17, 15) is 0 Å². The Bertz CT molecular complexity index is 512. The maximum Gasteiger partial charge on any atom is 0.101 e. The van der Waals surface area contributed by atoms with Gasteiger partial charge < -0.3 is 0 Å². The van der Waals surface area contributed by atoms with Gasteiger partial charge in [0.25, 0.3) is 0 Å². The second-order valence-corrected chi connectivity index (χ2v) is 5.37. The Morgan fingerprint density at radius 1 is 1.46 bits per heavy atom. The van der Waals surface area contributed by atoms with Crippen LogP contribution in [0.25, 0.3) is 10.1 Å². The molecule has 0 amide bonds. The molecule has 1 nitrogen and oxygen atoms in total. The Kier molecular flexibility index (Phi) is 2.29. The summed E-state index contributed by atoms with van der Waals surface area (Å²) < 4.78 is 2.09. The van der Waals surface area contributed by atoms with E-state index in [2.05, 4.69) is 22.0 Å². The molecule has 0 saturated heterocycles. The maximum atomic E-state index is 8.88. The predicted octanol–water partition coefficient (Wildman–Crippen LogP) is 4.19. The normalized spacial score (nSPS) is 10.2. The molecule has 0 saturated carbocycles. The van der Waals surface area contributed by atoms with Gasteiger partial charge >= 0.3 is 0 Å². The zero-order chi connectivity index (χ0) is 9.42. The van der Waals surface area contributed by atoms with Crippen LogP contribution in [0.4, 0.5) is 0 Å². The van der Waals surface area contributed by atoms with Gasteiger partial charge in [-0.2, -0.15) is 5.26 Å². The van der Waals surface area contributed by atoms with Crippen LogP contribution in [-0.4, -0.2) is 0 Å². The second kappa shape index (κ2) is 3.30. The highest BCUT2D eigenvalue weighted by Gasteiger charge is 2.07. The summed E-state index contributed by atoms with van der Waals surface area (Å²) >= 11 is 10.9. The van der Waals surface area contributed by atoms with E-state index in [0.29, 0.717) is 10.6 Å². The van der Waals surface area contributed by atoms with Crippen LogP contribution in [0.5, 0.6) is 0 Å². The zero-order valence-corrected chi connectivity index (χ0v) is 9.50. The van der Waals surface area contributed by atoms with E-state index >= 15 is 0 Å². The van der Waals surface area contributed by atoms with Crippen LogP contribution in [0.15, 0.2) is 22.0 Å². The highest BCUT2D eigenvalue weighted by atomic mass is 79.9. The van der Waals surface area contributed by atoms with Gasteiger partial charge in [0.2, 0.25) is 0 Å². The van der Waals surface area contributed by atoms with Crippen LogP contribution in [0.2, 0.25) is 5.02 Å². The summed E-state index contributed by atoms with van der Waals surface area (Å²) in [5.41, 5.74) is 0.557. The van der Waals surface area contributed by atoms with Crippen molar-refractivity contribution in [2.75, 3.05) is 0 Å². The number of hydrogen-bond donors (Lipinski definition) is 0. The topological polar surface area (TPSA) is 23.8 Å². The maximum absolute atomic E-state index is 8.88. The van der Waals surface area contributed by atoms with E-state index in [1.165, 1.54) is 0 Å². The lowest BCUT2D eigenvalue weighted by atomic mass is 10.1. The Morgan fingerprint density at radius 3 is 2.92 bits per heavy atom. The van der Waals surface area contributed by atoms with E-state index in [0.717, 1.165) is 13.9 Å². The molecule has 0 aliphatic carbocycles. The first-order chi connectivity index (χ1) is 6.22. The number of thiophene rings is 1. The molecule has 0 aliphatic rings. The van der Waals surface area contributed by atoms with Gasteiger partial charge in [0.05, 0.1) is 14.4 Å². The number of nitriles is 1. The molecule has 2 rings (SSSR count). The van der Waals surface area contributed by atoms with E-state index in [-0.39, 0.29) is 0 Å². The largest absolute Gasteiger partial charge is 0.192 e. The van der Waals surface area contributed by atoms with Gasteiger partial charge in [-0.3, -0.25) is 0 Å². The Labute approximate surface area is 92.7 Å². The summed E-state index contributed by atoms with van der Waals surface area (Å²) in [6.07, 6.45) is 0. The van der Waals surface area contributed by atoms with Crippen molar-refractivity contribution in [3.8, 4) is 6.07 Å². The van der Waals surface area contributed by atoms with Crippen LogP contribution >= 0.6 is 38.9 Å². The second-order valence-electron chi connectivity index (χ2n) is 2.50. The summed E-state index contributed by atoms with van der Waals surface area (Å²) in [6.45, 7) is 0. The van der Waals surface area contributed by atoms with Crippen molar-refractivity contribution in [3.05, 3.63) is 32.6 Å². The molecule has 1 heterocycles. The molecule has 0 aliphatic heterocycles. The van der Waals surface area contributed by atoms with Crippen molar-refractivity contribution in [2.45, 2.75) is 0 Å². The predicted molar refractivity (Wildman–Crippen MR) is 59.3 cm³/mol. The minimum atomic E-state index is 0.514. The van der Waals surface area contributed by atoms with Gasteiger partial charge in [-0.1, -0.05) is 11.6 Å². The molecule has 0 unspecified atom stereocenters. The Balaban J connectivity index is 2.93. The number of fused-ring (bicyclic) bond motifs is 1. The molecule has 1 aromatic carbocycles. The number of benzene rings is 1. The average Bonchev–Trinajstić information content (AvgIpc) is 2.45. The number of rotatable bonds is 0. The third-order valence-electron chi connectivity index (χ3n) is 1.73. The minimum Gasteiger partial charge on any atom is -0.192 e. The third kappa shape index (κ3) is 1.46. The van der Waals surface area contributed by atoms with Crippen molar-refractivity contribution >= 4 is 49.0 Å². The molecule has 0 radical (unpaired) electrons. The summed E-state index contributed by atoms with van der Waals surface area (Å²) in [6, 6.07) is 7.71. The van der Waals surface area contributed by atoms with Gasteiger partial charge in [0.15, 0.2) is 0 Å². The van der Waals surface area contributed by atoms with Crippen molar-refractivity contribution < 1.29 is 0 Å². The minimum absolute atomic E-state index is 0.514. The first kappa shape index (κ1) is 9.01. The molecule has 0 spiro atoms. The average molecular weight is 273 g/mol.